The Balaban J connectivity index is 1.57. The molecule has 0 aliphatic carbocycles. The first-order valence-electron chi connectivity index (χ1n) is 13.4. The molecule has 0 saturated carbocycles. The second-order valence-electron chi connectivity index (χ2n) is 9.38. The van der Waals surface area contributed by atoms with Gasteiger partial charge in [-0.05, 0) is 67.8 Å². The summed E-state index contributed by atoms with van der Waals surface area (Å²) in [5.41, 5.74) is 3.12. The van der Waals surface area contributed by atoms with Crippen molar-refractivity contribution in [1.82, 2.24) is 4.57 Å². The molecule has 0 spiro atoms. The Morgan fingerprint density at radius 3 is 2.45 bits per heavy atom. The molecule has 42 heavy (non-hydrogen) atoms. The molecule has 0 fully saturated rings. The molecule has 0 saturated heterocycles. The Morgan fingerprint density at radius 2 is 1.76 bits per heavy atom. The van der Waals surface area contributed by atoms with E-state index in [0.29, 0.717) is 50.3 Å². The van der Waals surface area contributed by atoms with E-state index < -0.39 is 12.0 Å². The first kappa shape index (κ1) is 29.8. The molecule has 0 unspecified atom stereocenters. The number of carbonyl (C=O) groups excluding carboxylic acids is 1. The molecule has 0 radical (unpaired) electrons. The predicted octanol–water partition coefficient (Wildman–Crippen LogP) is 6.19. The second kappa shape index (κ2) is 13.1. The maximum Gasteiger partial charge on any atom is 0.338 e. The molecule has 5 rings (SSSR count). The van der Waals surface area contributed by atoms with Crippen LogP contribution in [0.1, 0.15) is 43.5 Å². The van der Waals surface area contributed by atoms with Gasteiger partial charge in [-0.1, -0.05) is 81.3 Å². The number of esters is 1. The lowest BCUT2D eigenvalue weighted by molar-refractivity contribution is -0.139. The van der Waals surface area contributed by atoms with Crippen LogP contribution in [0.3, 0.4) is 0 Å². The number of allylic oxidation sites excluding steroid dienone is 1. The lowest BCUT2D eigenvalue weighted by Crippen LogP contribution is -2.39. The zero-order valence-corrected chi connectivity index (χ0v) is 26.4. The van der Waals surface area contributed by atoms with E-state index in [9.17, 15) is 9.59 Å². The van der Waals surface area contributed by atoms with Crippen molar-refractivity contribution in [2.45, 2.75) is 33.4 Å². The first-order chi connectivity index (χ1) is 20.3. The van der Waals surface area contributed by atoms with Crippen LogP contribution in [0, 0.1) is 0 Å². The van der Waals surface area contributed by atoms with Crippen molar-refractivity contribution >= 4 is 50.9 Å². The van der Waals surface area contributed by atoms with Gasteiger partial charge in [0.15, 0.2) is 16.3 Å². The fourth-order valence-corrected chi connectivity index (χ4v) is 6.27. The zero-order chi connectivity index (χ0) is 29.8. The molecule has 10 heteroatoms. The number of halogens is 2. The van der Waals surface area contributed by atoms with E-state index in [1.807, 2.05) is 73.7 Å². The zero-order valence-electron chi connectivity index (χ0n) is 23.2. The molecule has 1 aromatic heterocycles. The molecule has 7 nitrogen and oxygen atoms in total. The Bertz CT molecular complexity index is 1830. The summed E-state index contributed by atoms with van der Waals surface area (Å²) in [5.74, 6) is 0.632. The van der Waals surface area contributed by atoms with Gasteiger partial charge in [0, 0.05) is 9.50 Å². The topological polar surface area (TPSA) is 79.1 Å². The minimum absolute atomic E-state index is 0.219. The average molecular weight is 668 g/mol. The summed E-state index contributed by atoms with van der Waals surface area (Å²) in [4.78, 5) is 32.1. The summed E-state index contributed by atoms with van der Waals surface area (Å²) in [5, 5.41) is 0.661. The van der Waals surface area contributed by atoms with Crippen LogP contribution in [0.2, 0.25) is 5.02 Å². The highest BCUT2D eigenvalue weighted by molar-refractivity contribution is 9.10. The number of fused-ring (bicyclic) bond motifs is 1. The van der Waals surface area contributed by atoms with Crippen molar-refractivity contribution in [2.75, 3.05) is 13.2 Å². The van der Waals surface area contributed by atoms with Gasteiger partial charge in [-0.25, -0.2) is 9.79 Å². The molecule has 0 N–H and O–H groups in total. The van der Waals surface area contributed by atoms with Gasteiger partial charge in [0.25, 0.3) is 5.56 Å². The highest BCUT2D eigenvalue weighted by Crippen LogP contribution is 2.35. The van der Waals surface area contributed by atoms with Crippen molar-refractivity contribution in [1.29, 1.82) is 0 Å². The summed E-state index contributed by atoms with van der Waals surface area (Å²) in [6.45, 7) is 6.42. The minimum Gasteiger partial charge on any atom is -0.490 e. The van der Waals surface area contributed by atoms with Crippen LogP contribution in [0.5, 0.6) is 11.5 Å². The maximum absolute atomic E-state index is 13.9. The van der Waals surface area contributed by atoms with Crippen molar-refractivity contribution in [3.8, 4) is 11.5 Å². The van der Waals surface area contributed by atoms with Gasteiger partial charge in [-0.3, -0.25) is 9.36 Å². The van der Waals surface area contributed by atoms with E-state index in [0.717, 1.165) is 21.2 Å². The van der Waals surface area contributed by atoms with Crippen LogP contribution in [-0.4, -0.2) is 23.8 Å². The van der Waals surface area contributed by atoms with Crippen LogP contribution in [0.4, 0.5) is 0 Å². The highest BCUT2D eigenvalue weighted by atomic mass is 79.9. The molecule has 1 aliphatic rings. The normalized spacial score (nSPS) is 14.8. The standard InChI is InChI=1S/C32H28BrClN2O5S/c1-4-39-25-15-22(24(33)17-26(25)41-18-20-11-13-23(34)14-12-20)16-27-30(37)36-29(21-9-7-6-8-10-21)28(31(38)40-5-2)19(3)35-32(36)42-27/h6-17,29H,4-5,18H2,1-3H3/b27-16-/t29-/m0/s1. The Morgan fingerprint density at radius 1 is 1.05 bits per heavy atom. The lowest BCUT2D eigenvalue weighted by Gasteiger charge is -2.24. The first-order valence-corrected chi connectivity index (χ1v) is 15.4. The number of hydrogen-bond acceptors (Lipinski definition) is 7. The van der Waals surface area contributed by atoms with Gasteiger partial charge in [-0.2, -0.15) is 0 Å². The van der Waals surface area contributed by atoms with E-state index in [4.69, 9.17) is 25.8 Å². The molecule has 4 aromatic rings. The number of nitrogens with zero attached hydrogens (tertiary/aromatic N) is 2. The van der Waals surface area contributed by atoms with Crippen LogP contribution in [0.15, 0.2) is 92.3 Å². The largest absolute Gasteiger partial charge is 0.490 e. The van der Waals surface area contributed by atoms with Crippen LogP contribution in [0.25, 0.3) is 6.08 Å². The molecular formula is C32H28BrClN2O5S. The van der Waals surface area contributed by atoms with Crippen molar-refractivity contribution in [2.24, 2.45) is 4.99 Å². The average Bonchev–Trinajstić information content (AvgIpc) is 3.28. The van der Waals surface area contributed by atoms with E-state index in [1.54, 1.807) is 24.5 Å². The third kappa shape index (κ3) is 6.23. The van der Waals surface area contributed by atoms with E-state index in [-0.39, 0.29) is 12.2 Å². The van der Waals surface area contributed by atoms with Crippen molar-refractivity contribution < 1.29 is 19.0 Å². The van der Waals surface area contributed by atoms with Gasteiger partial charge >= 0.3 is 5.97 Å². The number of hydrogen-bond donors (Lipinski definition) is 0. The predicted molar refractivity (Wildman–Crippen MR) is 168 cm³/mol. The Kier molecular flexibility index (Phi) is 9.30. The lowest BCUT2D eigenvalue weighted by atomic mass is 9.96. The summed E-state index contributed by atoms with van der Waals surface area (Å²) in [6.07, 6.45) is 1.80. The fourth-order valence-electron chi connectivity index (χ4n) is 4.67. The number of ether oxygens (including phenoxy) is 3. The molecule has 0 amide bonds. The van der Waals surface area contributed by atoms with Gasteiger partial charge in [0.1, 0.15) is 6.61 Å². The fraction of sp³-hybridized carbons (Fsp3) is 0.219. The number of carbonyl (C=O) groups is 1. The number of rotatable bonds is 9. The third-order valence-electron chi connectivity index (χ3n) is 6.59. The third-order valence-corrected chi connectivity index (χ3v) is 8.51. The second-order valence-corrected chi connectivity index (χ2v) is 11.7. The van der Waals surface area contributed by atoms with E-state index in [2.05, 4.69) is 20.9 Å². The molecule has 1 atom stereocenters. The van der Waals surface area contributed by atoms with Crippen molar-refractivity contribution in [3.63, 3.8) is 0 Å². The molecule has 1 aliphatic heterocycles. The van der Waals surface area contributed by atoms with Gasteiger partial charge in [0.05, 0.1) is 35.1 Å². The summed E-state index contributed by atoms with van der Waals surface area (Å²) >= 11 is 10.9. The van der Waals surface area contributed by atoms with Crippen LogP contribution < -0.4 is 24.4 Å². The minimum atomic E-state index is -0.658. The monoisotopic (exact) mass is 666 g/mol. The highest BCUT2D eigenvalue weighted by Gasteiger charge is 2.33. The molecule has 3 aromatic carbocycles. The maximum atomic E-state index is 13.9. The number of aromatic nitrogens is 1. The summed E-state index contributed by atoms with van der Waals surface area (Å²) < 4.78 is 20.1. The van der Waals surface area contributed by atoms with Gasteiger partial charge < -0.3 is 14.2 Å². The summed E-state index contributed by atoms with van der Waals surface area (Å²) in [7, 11) is 0. The van der Waals surface area contributed by atoms with Gasteiger partial charge in [-0.15, -0.1) is 0 Å². The van der Waals surface area contributed by atoms with Crippen LogP contribution in [-0.2, 0) is 16.1 Å². The Hall–Kier alpha value is -3.66. The smallest absolute Gasteiger partial charge is 0.338 e. The van der Waals surface area contributed by atoms with Gasteiger partial charge in [0.2, 0.25) is 0 Å². The number of benzene rings is 3. The molecular weight excluding hydrogens is 640 g/mol. The molecule has 0 bridgehead atoms. The molecule has 2 heterocycles. The SMILES string of the molecule is CCOC(=O)C1=C(C)N=c2s/c(=C\c3cc(OCC)c(OCc4ccc(Cl)cc4)cc3Br)c(=O)n2[C@H]1c1ccccc1. The van der Waals surface area contributed by atoms with Crippen LogP contribution >= 0.6 is 38.9 Å². The quantitative estimate of drug-likeness (QED) is 0.199. The van der Waals surface area contributed by atoms with E-state index in [1.165, 1.54) is 11.3 Å². The van der Waals surface area contributed by atoms with Crippen molar-refractivity contribution in [3.05, 3.63) is 124 Å². The number of thiazole rings is 1. The molecule has 216 valence electrons. The van der Waals surface area contributed by atoms with E-state index >= 15 is 0 Å². The summed E-state index contributed by atoms with van der Waals surface area (Å²) in [6, 6.07) is 19.9. The Labute approximate surface area is 260 Å².